The summed E-state index contributed by atoms with van der Waals surface area (Å²) in [5.74, 6) is 0.789. The number of aromatic nitrogens is 1. The Labute approximate surface area is 155 Å². The standard InChI is InChI=1S/C21H26N2O3/c1-15-5-7-18(22-12-15)14-25-19-8-6-16-9-10-23(13-17(16)11-19)20(24)26-21(2,3)4/h5-8,11-12H,9-10,13-14H2,1-4H3. The number of benzene rings is 1. The Bertz CT molecular complexity index is 779. The first-order valence-corrected chi connectivity index (χ1v) is 8.94. The average molecular weight is 354 g/mol. The monoisotopic (exact) mass is 354 g/mol. The van der Waals surface area contributed by atoms with Crippen LogP contribution < -0.4 is 4.74 Å². The van der Waals surface area contributed by atoms with Crippen molar-refractivity contribution in [2.45, 2.75) is 52.9 Å². The van der Waals surface area contributed by atoms with Crippen molar-refractivity contribution in [3.63, 3.8) is 0 Å². The van der Waals surface area contributed by atoms with E-state index in [9.17, 15) is 4.79 Å². The van der Waals surface area contributed by atoms with E-state index < -0.39 is 5.60 Å². The van der Waals surface area contributed by atoms with Crippen LogP contribution in [0.15, 0.2) is 36.5 Å². The minimum absolute atomic E-state index is 0.265. The molecule has 3 rings (SSSR count). The summed E-state index contributed by atoms with van der Waals surface area (Å²) in [5, 5.41) is 0. The van der Waals surface area contributed by atoms with Crippen LogP contribution in [0.4, 0.5) is 4.79 Å². The first-order valence-electron chi connectivity index (χ1n) is 8.94. The van der Waals surface area contributed by atoms with Crippen molar-refractivity contribution in [3.05, 3.63) is 58.9 Å². The molecule has 138 valence electrons. The van der Waals surface area contributed by atoms with Crippen LogP contribution in [-0.4, -0.2) is 28.1 Å². The molecule has 1 aromatic heterocycles. The maximum atomic E-state index is 12.3. The Morgan fingerprint density at radius 3 is 2.69 bits per heavy atom. The number of hydrogen-bond acceptors (Lipinski definition) is 4. The molecule has 0 atom stereocenters. The van der Waals surface area contributed by atoms with Gasteiger partial charge in [-0.3, -0.25) is 4.98 Å². The van der Waals surface area contributed by atoms with Gasteiger partial charge in [-0.15, -0.1) is 0 Å². The van der Waals surface area contributed by atoms with Crippen molar-refractivity contribution in [2.24, 2.45) is 0 Å². The number of hydrogen-bond donors (Lipinski definition) is 0. The van der Waals surface area contributed by atoms with Crippen molar-refractivity contribution >= 4 is 6.09 Å². The Kier molecular flexibility index (Phi) is 5.16. The largest absolute Gasteiger partial charge is 0.487 e. The number of fused-ring (bicyclic) bond motifs is 1. The zero-order valence-corrected chi connectivity index (χ0v) is 15.9. The van der Waals surface area contributed by atoms with Crippen LogP contribution in [0.3, 0.4) is 0 Å². The molecule has 0 saturated carbocycles. The second-order valence-electron chi connectivity index (χ2n) is 7.70. The highest BCUT2D eigenvalue weighted by Crippen LogP contribution is 2.25. The van der Waals surface area contributed by atoms with Gasteiger partial charge in [-0.05, 0) is 69.0 Å². The van der Waals surface area contributed by atoms with Crippen LogP contribution in [0.2, 0.25) is 0 Å². The topological polar surface area (TPSA) is 51.7 Å². The molecule has 0 fully saturated rings. The average Bonchev–Trinajstić information content (AvgIpc) is 2.59. The number of aryl methyl sites for hydroxylation is 1. The first-order chi connectivity index (χ1) is 12.3. The van der Waals surface area contributed by atoms with Crippen molar-refractivity contribution in [3.8, 4) is 5.75 Å². The molecule has 0 bridgehead atoms. The van der Waals surface area contributed by atoms with Crippen molar-refractivity contribution in [1.29, 1.82) is 0 Å². The smallest absolute Gasteiger partial charge is 0.410 e. The minimum atomic E-state index is -0.483. The van der Waals surface area contributed by atoms with Crippen LogP contribution in [0.25, 0.3) is 0 Å². The highest BCUT2D eigenvalue weighted by Gasteiger charge is 2.25. The summed E-state index contributed by atoms with van der Waals surface area (Å²) in [5.41, 5.74) is 3.90. The van der Waals surface area contributed by atoms with Gasteiger partial charge in [0.05, 0.1) is 5.69 Å². The molecule has 26 heavy (non-hydrogen) atoms. The molecule has 5 heteroatoms. The van der Waals surface area contributed by atoms with E-state index in [2.05, 4.69) is 11.1 Å². The summed E-state index contributed by atoms with van der Waals surface area (Å²) in [4.78, 5) is 18.4. The van der Waals surface area contributed by atoms with Crippen molar-refractivity contribution in [2.75, 3.05) is 6.54 Å². The molecule has 2 aromatic rings. The van der Waals surface area contributed by atoms with E-state index in [0.717, 1.165) is 29.0 Å². The lowest BCUT2D eigenvalue weighted by molar-refractivity contribution is 0.0223. The van der Waals surface area contributed by atoms with Gasteiger partial charge in [-0.1, -0.05) is 12.1 Å². The predicted octanol–water partition coefficient (Wildman–Crippen LogP) is 4.26. The van der Waals surface area contributed by atoms with Gasteiger partial charge in [0.25, 0.3) is 0 Å². The van der Waals surface area contributed by atoms with Gasteiger partial charge in [0.15, 0.2) is 0 Å². The summed E-state index contributed by atoms with van der Waals surface area (Å²) in [6.07, 6.45) is 2.40. The molecule has 0 aliphatic carbocycles. The van der Waals surface area contributed by atoms with Crippen LogP contribution in [0, 0.1) is 6.92 Å². The molecule has 1 aliphatic heterocycles. The molecule has 0 radical (unpaired) electrons. The molecule has 2 heterocycles. The molecule has 5 nitrogen and oxygen atoms in total. The summed E-state index contributed by atoms with van der Waals surface area (Å²) in [6, 6.07) is 10.1. The Morgan fingerprint density at radius 1 is 1.19 bits per heavy atom. The van der Waals surface area contributed by atoms with Gasteiger partial charge in [0.2, 0.25) is 0 Å². The third-order valence-electron chi connectivity index (χ3n) is 4.20. The minimum Gasteiger partial charge on any atom is -0.487 e. The number of carbonyl (C=O) groups is 1. The van der Waals surface area contributed by atoms with E-state index in [1.54, 1.807) is 4.90 Å². The van der Waals surface area contributed by atoms with Crippen molar-refractivity contribution < 1.29 is 14.3 Å². The molecular weight excluding hydrogens is 328 g/mol. The van der Waals surface area contributed by atoms with Gasteiger partial charge in [0, 0.05) is 19.3 Å². The fourth-order valence-electron chi connectivity index (χ4n) is 2.85. The Morgan fingerprint density at radius 2 is 2.00 bits per heavy atom. The lowest BCUT2D eigenvalue weighted by atomic mass is 10.00. The highest BCUT2D eigenvalue weighted by atomic mass is 16.6. The number of nitrogens with zero attached hydrogens (tertiary/aromatic N) is 2. The lowest BCUT2D eigenvalue weighted by Gasteiger charge is -2.31. The van der Waals surface area contributed by atoms with Crippen molar-refractivity contribution in [1.82, 2.24) is 9.88 Å². The fourth-order valence-corrected chi connectivity index (χ4v) is 2.85. The second kappa shape index (κ2) is 7.36. The number of pyridine rings is 1. The second-order valence-corrected chi connectivity index (χ2v) is 7.70. The molecule has 0 spiro atoms. The zero-order chi connectivity index (χ0) is 18.7. The Balaban J connectivity index is 1.65. The van der Waals surface area contributed by atoms with Crippen LogP contribution in [0.1, 0.15) is 43.2 Å². The van der Waals surface area contributed by atoms with E-state index in [4.69, 9.17) is 9.47 Å². The van der Waals surface area contributed by atoms with Gasteiger partial charge in [-0.25, -0.2) is 4.79 Å². The lowest BCUT2D eigenvalue weighted by Crippen LogP contribution is -2.39. The third kappa shape index (κ3) is 4.75. The summed E-state index contributed by atoms with van der Waals surface area (Å²) >= 11 is 0. The summed E-state index contributed by atoms with van der Waals surface area (Å²) in [7, 11) is 0. The zero-order valence-electron chi connectivity index (χ0n) is 15.9. The molecule has 1 aliphatic rings. The van der Waals surface area contributed by atoms with Crippen LogP contribution >= 0.6 is 0 Å². The van der Waals surface area contributed by atoms with E-state index in [-0.39, 0.29) is 6.09 Å². The quantitative estimate of drug-likeness (QED) is 0.826. The van der Waals surface area contributed by atoms with E-state index >= 15 is 0 Å². The molecular formula is C21H26N2O3. The summed E-state index contributed by atoms with van der Waals surface area (Å²) in [6.45, 7) is 9.31. The fraction of sp³-hybridized carbons (Fsp3) is 0.429. The molecule has 0 unspecified atom stereocenters. The van der Waals surface area contributed by atoms with Gasteiger partial charge in [-0.2, -0.15) is 0 Å². The number of ether oxygens (including phenoxy) is 2. The van der Waals surface area contributed by atoms with E-state index in [1.165, 1.54) is 5.56 Å². The normalized spacial score (nSPS) is 13.9. The number of amides is 1. The SMILES string of the molecule is Cc1ccc(COc2ccc3c(c2)CN(C(=O)OC(C)(C)C)CC3)nc1. The maximum Gasteiger partial charge on any atom is 0.410 e. The molecule has 0 N–H and O–H groups in total. The molecule has 1 amide bonds. The number of rotatable bonds is 3. The third-order valence-corrected chi connectivity index (χ3v) is 4.20. The number of carbonyl (C=O) groups excluding carboxylic acids is 1. The van der Waals surface area contributed by atoms with Gasteiger partial charge >= 0.3 is 6.09 Å². The van der Waals surface area contributed by atoms with Crippen LogP contribution in [0.5, 0.6) is 5.75 Å². The van der Waals surface area contributed by atoms with E-state index in [1.807, 2.05) is 58.2 Å². The van der Waals surface area contributed by atoms with Crippen LogP contribution in [-0.2, 0) is 24.3 Å². The predicted molar refractivity (Wildman–Crippen MR) is 100 cm³/mol. The van der Waals surface area contributed by atoms with Gasteiger partial charge in [0.1, 0.15) is 18.0 Å². The maximum absolute atomic E-state index is 12.3. The highest BCUT2D eigenvalue weighted by molar-refractivity contribution is 5.68. The van der Waals surface area contributed by atoms with Gasteiger partial charge < -0.3 is 14.4 Å². The Hall–Kier alpha value is -2.56. The molecule has 1 aromatic carbocycles. The molecule has 0 saturated heterocycles. The summed E-state index contributed by atoms with van der Waals surface area (Å²) < 4.78 is 11.4. The van der Waals surface area contributed by atoms with E-state index in [0.29, 0.717) is 19.7 Å². The first kappa shape index (κ1) is 18.2.